The molecule has 2 rings (SSSR count). The van der Waals surface area contributed by atoms with Crippen LogP contribution in [0.4, 0.5) is 0 Å². The minimum atomic E-state index is -2.91. The van der Waals surface area contributed by atoms with Gasteiger partial charge < -0.3 is 15.2 Å². The standard InChI is InChI=1S/C15H29NO4S/c1-12-5-3-4-6-14(12)20-10-13(17)9-16-15(2)7-8-21(18,19)11-15/h12-14,16-17H,3-11H2,1-2H3. The Kier molecular flexibility index (Phi) is 5.68. The quantitative estimate of drug-likeness (QED) is 0.767. The minimum Gasteiger partial charge on any atom is -0.389 e. The van der Waals surface area contributed by atoms with E-state index in [9.17, 15) is 13.5 Å². The number of rotatable bonds is 6. The Morgan fingerprint density at radius 1 is 1.38 bits per heavy atom. The lowest BCUT2D eigenvalue weighted by Gasteiger charge is -2.30. The summed E-state index contributed by atoms with van der Waals surface area (Å²) >= 11 is 0. The average Bonchev–Trinajstić information content (AvgIpc) is 2.70. The fraction of sp³-hybridized carbons (Fsp3) is 1.00. The highest BCUT2D eigenvalue weighted by molar-refractivity contribution is 7.91. The Bertz CT molecular complexity index is 439. The summed E-state index contributed by atoms with van der Waals surface area (Å²) in [6.45, 7) is 4.82. The van der Waals surface area contributed by atoms with E-state index < -0.39 is 21.5 Å². The summed E-state index contributed by atoms with van der Waals surface area (Å²) in [5.74, 6) is 0.965. The second kappa shape index (κ2) is 6.94. The number of hydrogen-bond acceptors (Lipinski definition) is 5. The third-order valence-corrected chi connectivity index (χ3v) is 6.71. The summed E-state index contributed by atoms with van der Waals surface area (Å²) in [6, 6.07) is 0. The average molecular weight is 319 g/mol. The molecule has 1 aliphatic carbocycles. The van der Waals surface area contributed by atoms with Gasteiger partial charge in [0, 0.05) is 12.1 Å². The van der Waals surface area contributed by atoms with Gasteiger partial charge in [0.2, 0.25) is 0 Å². The van der Waals surface area contributed by atoms with Crippen LogP contribution in [0.2, 0.25) is 0 Å². The zero-order valence-corrected chi connectivity index (χ0v) is 14.0. The van der Waals surface area contributed by atoms with Gasteiger partial charge in [-0.05, 0) is 32.1 Å². The number of aliphatic hydroxyl groups is 1. The first-order valence-electron chi connectivity index (χ1n) is 8.05. The van der Waals surface area contributed by atoms with Crippen molar-refractivity contribution in [2.75, 3.05) is 24.7 Å². The van der Waals surface area contributed by atoms with Gasteiger partial charge in [-0.1, -0.05) is 19.8 Å². The van der Waals surface area contributed by atoms with Crippen LogP contribution in [-0.2, 0) is 14.6 Å². The highest BCUT2D eigenvalue weighted by Gasteiger charge is 2.38. The van der Waals surface area contributed by atoms with E-state index in [2.05, 4.69) is 12.2 Å². The highest BCUT2D eigenvalue weighted by atomic mass is 32.2. The van der Waals surface area contributed by atoms with Gasteiger partial charge in [-0.25, -0.2) is 8.42 Å². The molecule has 2 fully saturated rings. The first-order valence-corrected chi connectivity index (χ1v) is 9.87. The predicted octanol–water partition coefficient (Wildman–Crippen LogP) is 1.11. The molecule has 1 saturated carbocycles. The van der Waals surface area contributed by atoms with E-state index in [1.54, 1.807) is 0 Å². The maximum atomic E-state index is 11.5. The fourth-order valence-electron chi connectivity index (χ4n) is 3.34. The monoisotopic (exact) mass is 319 g/mol. The lowest BCUT2D eigenvalue weighted by Crippen LogP contribution is -2.47. The fourth-order valence-corrected chi connectivity index (χ4v) is 5.46. The van der Waals surface area contributed by atoms with Crippen molar-refractivity contribution >= 4 is 9.84 Å². The summed E-state index contributed by atoms with van der Waals surface area (Å²) in [5, 5.41) is 13.2. The summed E-state index contributed by atoms with van der Waals surface area (Å²) in [5.41, 5.74) is -0.405. The van der Waals surface area contributed by atoms with E-state index >= 15 is 0 Å². The van der Waals surface area contributed by atoms with Crippen molar-refractivity contribution in [3.8, 4) is 0 Å². The highest BCUT2D eigenvalue weighted by Crippen LogP contribution is 2.26. The van der Waals surface area contributed by atoms with Crippen molar-refractivity contribution in [3.05, 3.63) is 0 Å². The predicted molar refractivity (Wildman–Crippen MR) is 83.1 cm³/mol. The molecule has 0 aromatic rings. The normalized spacial score (nSPS) is 37.5. The second-order valence-corrected chi connectivity index (χ2v) is 9.26. The van der Waals surface area contributed by atoms with Crippen LogP contribution in [0, 0.1) is 5.92 Å². The van der Waals surface area contributed by atoms with Crippen LogP contribution >= 0.6 is 0 Å². The van der Waals surface area contributed by atoms with Crippen molar-refractivity contribution < 1.29 is 18.3 Å². The molecule has 1 aliphatic heterocycles. The molecular weight excluding hydrogens is 290 g/mol. The molecule has 5 nitrogen and oxygen atoms in total. The van der Waals surface area contributed by atoms with E-state index in [1.807, 2.05) is 6.92 Å². The van der Waals surface area contributed by atoms with Crippen LogP contribution in [0.25, 0.3) is 0 Å². The summed E-state index contributed by atoms with van der Waals surface area (Å²) in [4.78, 5) is 0. The number of nitrogens with one attached hydrogen (secondary N) is 1. The van der Waals surface area contributed by atoms with E-state index in [-0.39, 0.29) is 17.6 Å². The summed E-state index contributed by atoms with van der Waals surface area (Å²) in [6.07, 6.45) is 5.06. The maximum Gasteiger partial charge on any atom is 0.152 e. The molecule has 2 aliphatic rings. The van der Waals surface area contributed by atoms with Gasteiger partial charge in [-0.3, -0.25) is 0 Å². The van der Waals surface area contributed by atoms with E-state index in [1.165, 1.54) is 19.3 Å². The molecule has 0 aromatic carbocycles. The van der Waals surface area contributed by atoms with Crippen LogP contribution in [0.5, 0.6) is 0 Å². The Morgan fingerprint density at radius 3 is 2.71 bits per heavy atom. The molecule has 2 N–H and O–H groups in total. The molecule has 0 radical (unpaired) electrons. The molecule has 1 heterocycles. The zero-order valence-electron chi connectivity index (χ0n) is 13.2. The third kappa shape index (κ3) is 5.20. The second-order valence-electron chi connectivity index (χ2n) is 7.07. The molecule has 6 heteroatoms. The Balaban J connectivity index is 1.69. The molecular formula is C15H29NO4S. The van der Waals surface area contributed by atoms with E-state index in [4.69, 9.17) is 4.74 Å². The summed E-state index contributed by atoms with van der Waals surface area (Å²) < 4.78 is 28.9. The van der Waals surface area contributed by atoms with Crippen molar-refractivity contribution in [3.63, 3.8) is 0 Å². The van der Waals surface area contributed by atoms with Crippen molar-refractivity contribution in [1.82, 2.24) is 5.32 Å². The lowest BCUT2D eigenvalue weighted by molar-refractivity contribution is -0.0462. The third-order valence-electron chi connectivity index (χ3n) is 4.80. The van der Waals surface area contributed by atoms with Gasteiger partial charge in [0.25, 0.3) is 0 Å². The number of aliphatic hydroxyl groups excluding tert-OH is 1. The first kappa shape index (κ1) is 17.2. The number of sulfone groups is 1. The number of β-amino-alcohol motifs (C(OH)–C–C–N with tert-alkyl or cyclic N) is 1. The minimum absolute atomic E-state index is 0.160. The van der Waals surface area contributed by atoms with Gasteiger partial charge in [-0.2, -0.15) is 0 Å². The molecule has 0 spiro atoms. The van der Waals surface area contributed by atoms with Gasteiger partial charge >= 0.3 is 0 Å². The van der Waals surface area contributed by atoms with Gasteiger partial charge in [0.15, 0.2) is 9.84 Å². The largest absolute Gasteiger partial charge is 0.389 e. The molecule has 0 amide bonds. The van der Waals surface area contributed by atoms with Gasteiger partial charge in [0.1, 0.15) is 0 Å². The van der Waals surface area contributed by atoms with E-state index in [0.29, 0.717) is 25.5 Å². The van der Waals surface area contributed by atoms with Gasteiger partial charge in [0.05, 0.1) is 30.3 Å². The molecule has 1 saturated heterocycles. The molecule has 4 atom stereocenters. The SMILES string of the molecule is CC1CCCCC1OCC(O)CNC1(C)CCS(=O)(=O)C1. The van der Waals surface area contributed by atoms with Crippen molar-refractivity contribution in [2.45, 2.75) is 63.7 Å². The van der Waals surface area contributed by atoms with Crippen LogP contribution in [0.3, 0.4) is 0 Å². The Labute approximate surface area is 128 Å². The van der Waals surface area contributed by atoms with Crippen molar-refractivity contribution in [2.24, 2.45) is 5.92 Å². The topological polar surface area (TPSA) is 75.6 Å². The molecule has 0 bridgehead atoms. The smallest absolute Gasteiger partial charge is 0.152 e. The molecule has 21 heavy (non-hydrogen) atoms. The zero-order chi connectivity index (χ0) is 15.5. The van der Waals surface area contributed by atoms with E-state index in [0.717, 1.165) is 6.42 Å². The van der Waals surface area contributed by atoms with Crippen LogP contribution < -0.4 is 5.32 Å². The lowest BCUT2D eigenvalue weighted by atomic mass is 9.88. The van der Waals surface area contributed by atoms with Gasteiger partial charge in [-0.15, -0.1) is 0 Å². The van der Waals surface area contributed by atoms with Crippen molar-refractivity contribution in [1.29, 1.82) is 0 Å². The van der Waals surface area contributed by atoms with Crippen LogP contribution in [0.15, 0.2) is 0 Å². The Morgan fingerprint density at radius 2 is 2.10 bits per heavy atom. The van der Waals surface area contributed by atoms with Crippen LogP contribution in [-0.4, -0.2) is 55.9 Å². The summed E-state index contributed by atoms with van der Waals surface area (Å²) in [7, 11) is -2.91. The number of hydrogen-bond donors (Lipinski definition) is 2. The molecule has 4 unspecified atom stereocenters. The Hall–Kier alpha value is -0.170. The maximum absolute atomic E-state index is 11.5. The first-order chi connectivity index (χ1) is 9.80. The molecule has 0 aromatic heterocycles. The number of ether oxygens (including phenoxy) is 1. The molecule has 124 valence electrons. The van der Waals surface area contributed by atoms with Crippen LogP contribution in [0.1, 0.15) is 46.0 Å².